The molecule has 1 aliphatic heterocycles. The van der Waals surface area contributed by atoms with Gasteiger partial charge in [0.15, 0.2) is 0 Å². The summed E-state index contributed by atoms with van der Waals surface area (Å²) >= 11 is 18.8. The number of piperidine rings is 1. The van der Waals surface area contributed by atoms with Gasteiger partial charge in [0.1, 0.15) is 0 Å². The number of aryl methyl sites for hydroxylation is 1. The molecule has 1 unspecified atom stereocenters. The fourth-order valence-corrected chi connectivity index (χ4v) is 5.08. The molecule has 32 heavy (non-hydrogen) atoms. The molecule has 0 radical (unpaired) electrons. The van der Waals surface area contributed by atoms with E-state index < -0.39 is 0 Å². The molecule has 2 atom stereocenters. The third kappa shape index (κ3) is 5.43. The van der Waals surface area contributed by atoms with Crippen LogP contribution in [0.4, 0.5) is 5.69 Å². The van der Waals surface area contributed by atoms with E-state index in [4.69, 9.17) is 34.8 Å². The maximum atomic E-state index is 12.3. The number of halogens is 3. The first-order valence-electron chi connectivity index (χ1n) is 10.8. The van der Waals surface area contributed by atoms with E-state index in [2.05, 4.69) is 22.3 Å². The average molecular weight is 491 g/mol. The van der Waals surface area contributed by atoms with E-state index >= 15 is 0 Å². The predicted molar refractivity (Wildman–Crippen MR) is 133 cm³/mol. The van der Waals surface area contributed by atoms with E-state index in [1.54, 1.807) is 0 Å². The van der Waals surface area contributed by atoms with Crippen LogP contribution < -0.4 is 10.2 Å². The van der Waals surface area contributed by atoms with Gasteiger partial charge in [-0.2, -0.15) is 0 Å². The summed E-state index contributed by atoms with van der Waals surface area (Å²) in [6.45, 7) is 1.53. The fourth-order valence-electron chi connectivity index (χ4n) is 4.42. The van der Waals surface area contributed by atoms with E-state index in [1.165, 1.54) is 0 Å². The molecule has 1 amide bonds. The summed E-state index contributed by atoms with van der Waals surface area (Å²) in [4.78, 5) is 14.7. The largest absolute Gasteiger partial charge is 0.364 e. The first-order valence-corrected chi connectivity index (χ1v) is 11.9. The zero-order valence-corrected chi connectivity index (χ0v) is 20.2. The zero-order valence-electron chi connectivity index (χ0n) is 17.9. The van der Waals surface area contributed by atoms with Crippen LogP contribution in [0.5, 0.6) is 0 Å². The van der Waals surface area contributed by atoms with Gasteiger partial charge in [0.05, 0.1) is 11.6 Å². The molecule has 1 saturated heterocycles. The summed E-state index contributed by atoms with van der Waals surface area (Å²) in [6.07, 6.45) is 6.67. The smallest absolute Gasteiger partial charge is 0.252 e. The lowest BCUT2D eigenvalue weighted by Gasteiger charge is -2.42. The van der Waals surface area contributed by atoms with E-state index in [1.807, 2.05) is 60.4 Å². The van der Waals surface area contributed by atoms with Crippen molar-refractivity contribution < 1.29 is 4.79 Å². The minimum atomic E-state index is -0.0261. The number of aromatic nitrogens is 1. The normalized spacial score (nSPS) is 18.6. The summed E-state index contributed by atoms with van der Waals surface area (Å²) in [5.41, 5.74) is 2.89. The van der Waals surface area contributed by atoms with E-state index in [-0.39, 0.29) is 11.9 Å². The quantitative estimate of drug-likeness (QED) is 0.414. The molecule has 0 saturated carbocycles. The van der Waals surface area contributed by atoms with Gasteiger partial charge in [0.25, 0.3) is 5.91 Å². The first kappa shape index (κ1) is 23.0. The maximum absolute atomic E-state index is 12.3. The lowest BCUT2D eigenvalue weighted by molar-refractivity contribution is 0.0950. The number of anilines is 1. The first-order chi connectivity index (χ1) is 15.4. The van der Waals surface area contributed by atoms with E-state index in [0.717, 1.165) is 37.1 Å². The van der Waals surface area contributed by atoms with Crippen molar-refractivity contribution >= 4 is 46.4 Å². The van der Waals surface area contributed by atoms with Gasteiger partial charge in [-0.05, 0) is 73.2 Å². The molecule has 3 aromatic rings. The maximum Gasteiger partial charge on any atom is 0.252 e. The number of benzene rings is 2. The average Bonchev–Trinajstić information content (AvgIpc) is 3.21. The molecule has 7 heteroatoms. The highest BCUT2D eigenvalue weighted by Gasteiger charge is 2.30. The van der Waals surface area contributed by atoms with Crippen molar-refractivity contribution in [3.8, 4) is 0 Å². The van der Waals surface area contributed by atoms with Crippen LogP contribution in [-0.2, 0) is 7.05 Å². The standard InChI is InChI=1S/C25H26Cl3N3O/c1-30-13-11-18(16-30)25(32)29-12-10-17-2-9-24(22-8-5-20(27)14-23(22)28)31(15-17)21-6-3-19(26)4-7-21/h3-8,11,13-14,16-17,24H,2,9-10,12,15H2,1H3,(H,29,32)/t17?,24-/m0/s1. The Hall–Kier alpha value is -2.14. The summed E-state index contributed by atoms with van der Waals surface area (Å²) in [5.74, 6) is 0.436. The minimum Gasteiger partial charge on any atom is -0.364 e. The number of carbonyl (C=O) groups is 1. The zero-order chi connectivity index (χ0) is 22.7. The number of hydrogen-bond acceptors (Lipinski definition) is 2. The van der Waals surface area contributed by atoms with Gasteiger partial charge >= 0.3 is 0 Å². The van der Waals surface area contributed by atoms with Gasteiger partial charge in [0.2, 0.25) is 0 Å². The number of rotatable bonds is 6. The van der Waals surface area contributed by atoms with Crippen LogP contribution in [0.1, 0.15) is 41.2 Å². The summed E-state index contributed by atoms with van der Waals surface area (Å²) in [6, 6.07) is 15.7. The summed E-state index contributed by atoms with van der Waals surface area (Å²) in [7, 11) is 1.91. The van der Waals surface area contributed by atoms with Crippen molar-refractivity contribution in [2.24, 2.45) is 13.0 Å². The molecule has 1 aliphatic rings. The van der Waals surface area contributed by atoms with E-state index in [9.17, 15) is 4.79 Å². The van der Waals surface area contributed by atoms with Gasteiger partial charge in [0, 0.05) is 53.3 Å². The number of nitrogens with one attached hydrogen (secondary N) is 1. The molecule has 2 heterocycles. The van der Waals surface area contributed by atoms with E-state index in [0.29, 0.717) is 33.1 Å². The third-order valence-corrected chi connectivity index (χ3v) is 6.91. The Balaban J connectivity index is 1.46. The highest BCUT2D eigenvalue weighted by Crippen LogP contribution is 2.41. The van der Waals surface area contributed by atoms with Crippen molar-refractivity contribution in [1.82, 2.24) is 9.88 Å². The van der Waals surface area contributed by atoms with Crippen LogP contribution in [0.15, 0.2) is 60.9 Å². The summed E-state index contributed by atoms with van der Waals surface area (Å²) < 4.78 is 1.88. The lowest BCUT2D eigenvalue weighted by atomic mass is 9.86. The molecule has 1 aromatic heterocycles. The van der Waals surface area contributed by atoms with Crippen LogP contribution in [-0.4, -0.2) is 23.6 Å². The topological polar surface area (TPSA) is 37.3 Å². The number of nitrogens with zero attached hydrogens (tertiary/aromatic N) is 2. The van der Waals surface area contributed by atoms with Crippen LogP contribution in [0.25, 0.3) is 0 Å². The van der Waals surface area contributed by atoms with Crippen LogP contribution in [0.2, 0.25) is 15.1 Å². The molecule has 0 bridgehead atoms. The molecular weight excluding hydrogens is 465 g/mol. The van der Waals surface area contributed by atoms with Gasteiger partial charge in [-0.15, -0.1) is 0 Å². The molecule has 1 fully saturated rings. The highest BCUT2D eigenvalue weighted by atomic mass is 35.5. The third-order valence-electron chi connectivity index (χ3n) is 6.09. The summed E-state index contributed by atoms with van der Waals surface area (Å²) in [5, 5.41) is 5.10. The van der Waals surface area contributed by atoms with Crippen molar-refractivity contribution in [3.63, 3.8) is 0 Å². The Morgan fingerprint density at radius 2 is 1.78 bits per heavy atom. The monoisotopic (exact) mass is 489 g/mol. The fraction of sp³-hybridized carbons (Fsp3) is 0.320. The van der Waals surface area contributed by atoms with Gasteiger partial charge in [-0.1, -0.05) is 40.9 Å². The van der Waals surface area contributed by atoms with Crippen molar-refractivity contribution in [2.75, 3.05) is 18.0 Å². The minimum absolute atomic E-state index is 0.0261. The number of hydrogen-bond donors (Lipinski definition) is 1. The van der Waals surface area contributed by atoms with Gasteiger partial charge in [-0.25, -0.2) is 0 Å². The molecular formula is C25H26Cl3N3O. The molecule has 168 valence electrons. The molecule has 4 nitrogen and oxygen atoms in total. The SMILES string of the molecule is Cn1ccc(C(=O)NCCC2CC[C@@H](c3ccc(Cl)cc3Cl)N(c3ccc(Cl)cc3)C2)c1. The molecule has 2 aromatic carbocycles. The molecule has 1 N–H and O–H groups in total. The lowest BCUT2D eigenvalue weighted by Crippen LogP contribution is -2.39. The van der Waals surface area contributed by atoms with Crippen LogP contribution in [0, 0.1) is 5.92 Å². The van der Waals surface area contributed by atoms with Crippen molar-refractivity contribution in [2.45, 2.75) is 25.3 Å². The van der Waals surface area contributed by atoms with Crippen LogP contribution >= 0.6 is 34.8 Å². The molecule has 0 aliphatic carbocycles. The Bertz CT molecular complexity index is 1080. The van der Waals surface area contributed by atoms with Gasteiger partial charge in [-0.3, -0.25) is 4.79 Å². The second kappa shape index (κ2) is 10.2. The van der Waals surface area contributed by atoms with Crippen LogP contribution in [0.3, 0.4) is 0 Å². The Morgan fingerprint density at radius 3 is 2.47 bits per heavy atom. The second-order valence-corrected chi connectivity index (χ2v) is 9.64. The molecule has 4 rings (SSSR count). The second-order valence-electron chi connectivity index (χ2n) is 8.36. The Labute approximate surface area is 204 Å². The molecule has 0 spiro atoms. The number of carbonyl (C=O) groups excluding carboxylic acids is 1. The predicted octanol–water partition coefficient (Wildman–Crippen LogP) is 6.76. The Morgan fingerprint density at radius 1 is 1.03 bits per heavy atom. The highest BCUT2D eigenvalue weighted by molar-refractivity contribution is 6.35. The number of amides is 1. The van der Waals surface area contributed by atoms with Crippen molar-refractivity contribution in [1.29, 1.82) is 0 Å². The van der Waals surface area contributed by atoms with Gasteiger partial charge < -0.3 is 14.8 Å². The van der Waals surface area contributed by atoms with Crippen molar-refractivity contribution in [3.05, 3.63) is 87.1 Å². The Kier molecular flexibility index (Phi) is 7.34.